The number of nitrogens with zero attached hydrogens (tertiary/aromatic N) is 2. The fourth-order valence-corrected chi connectivity index (χ4v) is 3.08. The van der Waals surface area contributed by atoms with Gasteiger partial charge < -0.3 is 15.5 Å². The van der Waals surface area contributed by atoms with Gasteiger partial charge in [-0.15, -0.1) is 12.4 Å². The lowest BCUT2D eigenvalue weighted by Crippen LogP contribution is -2.45. The Kier molecular flexibility index (Phi) is 7.51. The Hall–Kier alpha value is -0.930. The summed E-state index contributed by atoms with van der Waals surface area (Å²) >= 11 is 3.16. The van der Waals surface area contributed by atoms with Crippen molar-refractivity contribution in [2.24, 2.45) is 0 Å². The first kappa shape index (κ1) is 19.1. The molecule has 1 fully saturated rings. The molecule has 0 amide bonds. The lowest BCUT2D eigenvalue weighted by atomic mass is 9.99. The van der Waals surface area contributed by atoms with E-state index in [0.29, 0.717) is 16.5 Å². The van der Waals surface area contributed by atoms with E-state index in [4.69, 9.17) is 0 Å². The van der Waals surface area contributed by atoms with Gasteiger partial charge in [0.25, 0.3) is 5.69 Å². The Morgan fingerprint density at radius 3 is 2.59 bits per heavy atom. The van der Waals surface area contributed by atoms with E-state index in [-0.39, 0.29) is 36.5 Å². The number of hydrogen-bond donors (Lipinski definition) is 3. The maximum Gasteiger partial charge on any atom is 0.271 e. The number of rotatable bonds is 5. The average molecular weight is 397 g/mol. The maximum absolute atomic E-state index is 11.0. The second kappa shape index (κ2) is 8.64. The van der Waals surface area contributed by atoms with Crippen LogP contribution >= 0.6 is 28.3 Å². The van der Waals surface area contributed by atoms with Gasteiger partial charge in [-0.05, 0) is 22.4 Å². The number of non-ortho nitro benzene ring substituents is 1. The zero-order valence-corrected chi connectivity index (χ0v) is 14.3. The standard InChI is InChI=1S/C13H18BrN3O4.ClH/c14-11-8-9(17(20)21)7-10(13(11)19)12(1-6-18)16-4-2-15-3-5-16;/h7-8,12,15,18-19H,1-6H2;1H/t12-;/m0./s1. The Labute approximate surface area is 143 Å². The molecular formula is C13H19BrClN3O4. The van der Waals surface area contributed by atoms with E-state index in [2.05, 4.69) is 26.1 Å². The molecule has 0 unspecified atom stereocenters. The van der Waals surface area contributed by atoms with Crippen LogP contribution in [0.5, 0.6) is 5.75 Å². The molecule has 3 N–H and O–H groups in total. The molecule has 124 valence electrons. The number of nitro benzene ring substituents is 1. The van der Waals surface area contributed by atoms with Gasteiger partial charge >= 0.3 is 0 Å². The van der Waals surface area contributed by atoms with Crippen LogP contribution in [0.1, 0.15) is 18.0 Å². The van der Waals surface area contributed by atoms with Gasteiger partial charge in [0.15, 0.2) is 0 Å². The Morgan fingerprint density at radius 2 is 2.05 bits per heavy atom. The van der Waals surface area contributed by atoms with Gasteiger partial charge in [0, 0.05) is 56.5 Å². The van der Waals surface area contributed by atoms with E-state index in [1.165, 1.54) is 12.1 Å². The number of phenolic OH excluding ortho intramolecular Hbond substituents is 1. The van der Waals surface area contributed by atoms with Crippen molar-refractivity contribution >= 4 is 34.0 Å². The third-order valence-corrected chi connectivity index (χ3v) is 4.25. The first-order valence-electron chi connectivity index (χ1n) is 6.77. The minimum Gasteiger partial charge on any atom is -0.506 e. The fraction of sp³-hybridized carbons (Fsp3) is 0.538. The minimum absolute atomic E-state index is 0. The van der Waals surface area contributed by atoms with Crippen molar-refractivity contribution in [2.75, 3.05) is 32.8 Å². The number of nitro groups is 1. The van der Waals surface area contributed by atoms with Gasteiger partial charge in [-0.25, -0.2) is 0 Å². The van der Waals surface area contributed by atoms with Crippen LogP contribution in [-0.4, -0.2) is 52.8 Å². The van der Waals surface area contributed by atoms with E-state index >= 15 is 0 Å². The smallest absolute Gasteiger partial charge is 0.271 e. The summed E-state index contributed by atoms with van der Waals surface area (Å²) in [5.74, 6) is -0.00224. The van der Waals surface area contributed by atoms with E-state index in [9.17, 15) is 20.3 Å². The molecule has 0 aromatic heterocycles. The van der Waals surface area contributed by atoms with Crippen molar-refractivity contribution in [1.82, 2.24) is 10.2 Å². The third-order valence-electron chi connectivity index (χ3n) is 3.64. The Morgan fingerprint density at radius 1 is 1.41 bits per heavy atom. The zero-order valence-electron chi connectivity index (χ0n) is 11.9. The molecule has 9 heteroatoms. The van der Waals surface area contributed by atoms with Gasteiger partial charge in [-0.3, -0.25) is 15.0 Å². The number of phenols is 1. The monoisotopic (exact) mass is 395 g/mol. The van der Waals surface area contributed by atoms with E-state index < -0.39 is 4.92 Å². The normalized spacial score (nSPS) is 16.8. The molecule has 0 saturated carbocycles. The summed E-state index contributed by atoms with van der Waals surface area (Å²) in [5, 5.41) is 33.8. The predicted molar refractivity (Wildman–Crippen MR) is 88.6 cm³/mol. The van der Waals surface area contributed by atoms with Crippen LogP contribution in [0, 0.1) is 10.1 Å². The summed E-state index contributed by atoms with van der Waals surface area (Å²) in [6.07, 6.45) is 0.418. The van der Waals surface area contributed by atoms with Crippen LogP contribution in [0.4, 0.5) is 5.69 Å². The van der Waals surface area contributed by atoms with Crippen LogP contribution in [0.15, 0.2) is 16.6 Å². The molecule has 2 rings (SSSR count). The topological polar surface area (TPSA) is 98.9 Å². The number of halogens is 2. The number of piperazine rings is 1. The first-order chi connectivity index (χ1) is 10.0. The number of aliphatic hydroxyl groups is 1. The van der Waals surface area contributed by atoms with Crippen LogP contribution in [-0.2, 0) is 0 Å². The summed E-state index contributed by atoms with van der Waals surface area (Å²) in [6, 6.07) is 2.43. The van der Waals surface area contributed by atoms with Crippen molar-refractivity contribution in [2.45, 2.75) is 12.5 Å². The quantitative estimate of drug-likeness (QED) is 0.519. The molecule has 0 aliphatic carbocycles. The summed E-state index contributed by atoms with van der Waals surface area (Å²) < 4.78 is 0.296. The lowest BCUT2D eigenvalue weighted by molar-refractivity contribution is -0.385. The van der Waals surface area contributed by atoms with Gasteiger partial charge in [-0.2, -0.15) is 0 Å². The molecule has 0 radical (unpaired) electrons. The highest BCUT2D eigenvalue weighted by atomic mass is 79.9. The molecule has 1 aromatic carbocycles. The Bertz CT molecular complexity index is 526. The zero-order chi connectivity index (χ0) is 15.4. The molecule has 1 atom stereocenters. The molecule has 1 aliphatic heterocycles. The molecule has 22 heavy (non-hydrogen) atoms. The fourth-order valence-electron chi connectivity index (χ4n) is 2.62. The second-order valence-electron chi connectivity index (χ2n) is 4.94. The van der Waals surface area contributed by atoms with Gasteiger partial charge in [0.1, 0.15) is 5.75 Å². The van der Waals surface area contributed by atoms with Crippen molar-refractivity contribution in [3.05, 3.63) is 32.3 Å². The molecule has 1 heterocycles. The average Bonchev–Trinajstić information content (AvgIpc) is 2.48. The summed E-state index contributed by atoms with van der Waals surface area (Å²) in [5.41, 5.74) is 0.403. The third kappa shape index (κ3) is 4.30. The number of aromatic hydroxyl groups is 1. The van der Waals surface area contributed by atoms with Crippen LogP contribution < -0.4 is 5.32 Å². The number of aliphatic hydroxyl groups excluding tert-OH is 1. The summed E-state index contributed by atoms with van der Waals surface area (Å²) in [7, 11) is 0. The van der Waals surface area contributed by atoms with E-state index in [1.54, 1.807) is 0 Å². The van der Waals surface area contributed by atoms with Crippen molar-refractivity contribution in [1.29, 1.82) is 0 Å². The van der Waals surface area contributed by atoms with Crippen molar-refractivity contribution in [3.8, 4) is 5.75 Å². The lowest BCUT2D eigenvalue weighted by Gasteiger charge is -2.35. The van der Waals surface area contributed by atoms with Gasteiger partial charge in [0.2, 0.25) is 0 Å². The molecular weight excluding hydrogens is 378 g/mol. The molecule has 7 nitrogen and oxygen atoms in total. The largest absolute Gasteiger partial charge is 0.506 e. The SMILES string of the molecule is Cl.O=[N+]([O-])c1cc(Br)c(O)c([C@H](CCO)N2CCNCC2)c1. The highest BCUT2D eigenvalue weighted by Gasteiger charge is 2.27. The number of hydrogen-bond acceptors (Lipinski definition) is 6. The van der Waals surface area contributed by atoms with Crippen LogP contribution in [0.25, 0.3) is 0 Å². The van der Waals surface area contributed by atoms with Crippen LogP contribution in [0.2, 0.25) is 0 Å². The Balaban J connectivity index is 0.00000242. The van der Waals surface area contributed by atoms with E-state index in [0.717, 1.165) is 26.2 Å². The second-order valence-corrected chi connectivity index (χ2v) is 5.79. The maximum atomic E-state index is 11.0. The predicted octanol–water partition coefficient (Wildman–Crippen LogP) is 1.81. The number of benzene rings is 1. The molecule has 1 aliphatic rings. The molecule has 1 saturated heterocycles. The van der Waals surface area contributed by atoms with Gasteiger partial charge in [0.05, 0.1) is 9.40 Å². The van der Waals surface area contributed by atoms with Crippen molar-refractivity contribution in [3.63, 3.8) is 0 Å². The van der Waals surface area contributed by atoms with Gasteiger partial charge in [-0.1, -0.05) is 0 Å². The minimum atomic E-state index is -0.485. The summed E-state index contributed by atoms with van der Waals surface area (Å²) in [6.45, 7) is 3.13. The van der Waals surface area contributed by atoms with E-state index in [1.807, 2.05) is 0 Å². The number of nitrogens with one attached hydrogen (secondary N) is 1. The molecule has 0 bridgehead atoms. The molecule has 1 aromatic rings. The first-order valence-corrected chi connectivity index (χ1v) is 7.56. The highest BCUT2D eigenvalue weighted by Crippen LogP contribution is 2.39. The summed E-state index contributed by atoms with van der Waals surface area (Å²) in [4.78, 5) is 12.6. The molecule has 0 spiro atoms. The highest BCUT2D eigenvalue weighted by molar-refractivity contribution is 9.10. The van der Waals surface area contributed by atoms with Crippen molar-refractivity contribution < 1.29 is 15.1 Å². The van der Waals surface area contributed by atoms with Crippen LogP contribution in [0.3, 0.4) is 0 Å².